The summed E-state index contributed by atoms with van der Waals surface area (Å²) in [5.74, 6) is 1.62. The van der Waals surface area contributed by atoms with Crippen molar-refractivity contribution in [3.05, 3.63) is 28.7 Å². The summed E-state index contributed by atoms with van der Waals surface area (Å²) in [6.07, 6.45) is 4.22. The fourth-order valence-electron chi connectivity index (χ4n) is 2.29. The average Bonchev–Trinajstić information content (AvgIpc) is 3.00. The molecule has 2 aromatic rings. The molecule has 1 atom stereocenters. The third-order valence-electron chi connectivity index (χ3n) is 3.13. The molecular formula is C13H17N5S. The molecule has 2 aromatic heterocycles. The number of anilines is 2. The normalized spacial score (nSPS) is 18.7. The molecule has 1 fully saturated rings. The third-order valence-corrected chi connectivity index (χ3v) is 3.96. The quantitative estimate of drug-likeness (QED) is 0.901. The predicted molar refractivity (Wildman–Crippen MR) is 76.9 cm³/mol. The van der Waals surface area contributed by atoms with E-state index in [4.69, 9.17) is 0 Å². The fraction of sp³-hybridized carbons (Fsp3) is 0.462. The van der Waals surface area contributed by atoms with Crippen LogP contribution < -0.4 is 10.6 Å². The Balaban J connectivity index is 1.84. The van der Waals surface area contributed by atoms with Gasteiger partial charge in [0.1, 0.15) is 11.6 Å². The van der Waals surface area contributed by atoms with Crippen LogP contribution in [0.15, 0.2) is 12.3 Å². The Kier molecular flexibility index (Phi) is 3.44. The topological polar surface area (TPSA) is 62.7 Å². The van der Waals surface area contributed by atoms with E-state index in [1.807, 2.05) is 26.1 Å². The molecule has 0 unspecified atom stereocenters. The maximum atomic E-state index is 4.53. The Morgan fingerprint density at radius 1 is 1.37 bits per heavy atom. The monoisotopic (exact) mass is 275 g/mol. The van der Waals surface area contributed by atoms with E-state index in [0.29, 0.717) is 6.04 Å². The summed E-state index contributed by atoms with van der Waals surface area (Å²) in [7, 11) is 0. The zero-order valence-corrected chi connectivity index (χ0v) is 11.9. The molecule has 5 nitrogen and oxygen atoms in total. The Labute approximate surface area is 116 Å². The first-order valence-electron chi connectivity index (χ1n) is 6.49. The second kappa shape index (κ2) is 5.22. The number of hydrogen-bond acceptors (Lipinski definition) is 6. The Bertz CT molecular complexity index is 574. The molecule has 0 amide bonds. The van der Waals surface area contributed by atoms with Gasteiger partial charge in [-0.2, -0.15) is 0 Å². The highest BCUT2D eigenvalue weighted by atomic mass is 32.1. The Hall–Kier alpha value is -1.53. The van der Waals surface area contributed by atoms with Crippen LogP contribution in [0.25, 0.3) is 0 Å². The number of hydrogen-bond donors (Lipinski definition) is 2. The molecule has 0 spiro atoms. The van der Waals surface area contributed by atoms with Crippen molar-refractivity contribution in [1.82, 2.24) is 20.3 Å². The van der Waals surface area contributed by atoms with Crippen molar-refractivity contribution in [2.75, 3.05) is 11.9 Å². The second-order valence-electron chi connectivity index (χ2n) is 4.78. The van der Waals surface area contributed by atoms with Crippen LogP contribution in [0.4, 0.5) is 10.9 Å². The summed E-state index contributed by atoms with van der Waals surface area (Å²) >= 11 is 1.63. The van der Waals surface area contributed by atoms with E-state index in [-0.39, 0.29) is 0 Å². The van der Waals surface area contributed by atoms with Gasteiger partial charge >= 0.3 is 0 Å². The molecule has 0 aliphatic carbocycles. The molecule has 1 aliphatic rings. The highest BCUT2D eigenvalue weighted by Gasteiger charge is 2.18. The van der Waals surface area contributed by atoms with Crippen LogP contribution in [-0.2, 0) is 0 Å². The number of rotatable bonds is 3. The van der Waals surface area contributed by atoms with Crippen molar-refractivity contribution in [2.45, 2.75) is 32.7 Å². The van der Waals surface area contributed by atoms with E-state index < -0.39 is 0 Å². The van der Waals surface area contributed by atoms with Gasteiger partial charge in [-0.1, -0.05) is 0 Å². The maximum absolute atomic E-state index is 4.53. The summed E-state index contributed by atoms with van der Waals surface area (Å²) in [4.78, 5) is 14.4. The van der Waals surface area contributed by atoms with Gasteiger partial charge in [0.2, 0.25) is 0 Å². The van der Waals surface area contributed by atoms with E-state index in [1.54, 1.807) is 11.3 Å². The fourth-order valence-corrected chi connectivity index (χ4v) is 2.96. The van der Waals surface area contributed by atoms with Crippen molar-refractivity contribution < 1.29 is 0 Å². The first-order chi connectivity index (χ1) is 9.20. The number of nitrogens with one attached hydrogen (secondary N) is 2. The van der Waals surface area contributed by atoms with Crippen LogP contribution in [0.1, 0.15) is 35.3 Å². The lowest BCUT2D eigenvalue weighted by molar-refractivity contribution is 0.623. The van der Waals surface area contributed by atoms with Crippen molar-refractivity contribution in [3.63, 3.8) is 0 Å². The predicted octanol–water partition coefficient (Wildman–Crippen LogP) is 2.72. The number of aromatic nitrogens is 3. The summed E-state index contributed by atoms with van der Waals surface area (Å²) < 4.78 is 0. The average molecular weight is 275 g/mol. The van der Waals surface area contributed by atoms with Gasteiger partial charge in [-0.25, -0.2) is 15.0 Å². The van der Waals surface area contributed by atoms with Gasteiger partial charge in [0.25, 0.3) is 0 Å². The molecule has 100 valence electrons. The zero-order chi connectivity index (χ0) is 13.2. The number of thiazole rings is 1. The Morgan fingerprint density at radius 2 is 2.26 bits per heavy atom. The Morgan fingerprint density at radius 3 is 2.95 bits per heavy atom. The highest BCUT2D eigenvalue weighted by Crippen LogP contribution is 2.25. The minimum atomic E-state index is 0.361. The summed E-state index contributed by atoms with van der Waals surface area (Å²) in [5.41, 5.74) is 1.07. The van der Waals surface area contributed by atoms with E-state index in [0.717, 1.165) is 35.4 Å². The number of aryl methyl sites for hydroxylation is 2. The lowest BCUT2D eigenvalue weighted by atomic mass is 10.1. The lowest BCUT2D eigenvalue weighted by Gasteiger charge is -2.12. The van der Waals surface area contributed by atoms with E-state index in [2.05, 4.69) is 25.6 Å². The summed E-state index contributed by atoms with van der Waals surface area (Å²) in [5, 5.41) is 7.60. The first kappa shape index (κ1) is 12.5. The highest BCUT2D eigenvalue weighted by molar-refractivity contribution is 7.15. The lowest BCUT2D eigenvalue weighted by Crippen LogP contribution is -2.15. The smallest absolute Gasteiger partial charge is 0.188 e. The molecule has 6 heteroatoms. The molecule has 0 radical (unpaired) electrons. The van der Waals surface area contributed by atoms with Gasteiger partial charge in [-0.05, 0) is 33.2 Å². The molecule has 1 aliphatic heterocycles. The van der Waals surface area contributed by atoms with Gasteiger partial charge < -0.3 is 10.6 Å². The van der Waals surface area contributed by atoms with Crippen LogP contribution in [0, 0.1) is 13.8 Å². The van der Waals surface area contributed by atoms with Gasteiger partial charge in [0.15, 0.2) is 5.13 Å². The molecule has 1 saturated heterocycles. The molecular weight excluding hydrogens is 258 g/mol. The van der Waals surface area contributed by atoms with Gasteiger partial charge in [0, 0.05) is 23.2 Å². The third kappa shape index (κ3) is 2.90. The summed E-state index contributed by atoms with van der Waals surface area (Å²) in [6, 6.07) is 2.38. The van der Waals surface area contributed by atoms with Crippen LogP contribution in [0.5, 0.6) is 0 Å². The standard InChI is InChI=1S/C13H17N5S/c1-8-7-15-13(19-8)18-12-6-11(16-9(2)17-12)10-4-3-5-14-10/h6-7,10,14H,3-5H2,1-2H3,(H,15,16,17,18)/t10-/m1/s1. The van der Waals surface area contributed by atoms with Crippen LogP contribution >= 0.6 is 11.3 Å². The van der Waals surface area contributed by atoms with Crippen LogP contribution in [0.3, 0.4) is 0 Å². The summed E-state index contributed by atoms with van der Waals surface area (Å²) in [6.45, 7) is 5.04. The maximum Gasteiger partial charge on any atom is 0.188 e. The first-order valence-corrected chi connectivity index (χ1v) is 7.31. The van der Waals surface area contributed by atoms with Crippen molar-refractivity contribution in [1.29, 1.82) is 0 Å². The van der Waals surface area contributed by atoms with Crippen molar-refractivity contribution in [3.8, 4) is 0 Å². The SMILES string of the molecule is Cc1nc(Nc2ncc(C)s2)cc([C@H]2CCCN2)n1. The zero-order valence-electron chi connectivity index (χ0n) is 11.1. The molecule has 2 N–H and O–H groups in total. The van der Waals surface area contributed by atoms with Crippen LogP contribution in [0.2, 0.25) is 0 Å². The molecule has 3 rings (SSSR count). The van der Waals surface area contributed by atoms with E-state index >= 15 is 0 Å². The molecule has 0 bridgehead atoms. The molecule has 0 saturated carbocycles. The molecule has 19 heavy (non-hydrogen) atoms. The minimum Gasteiger partial charge on any atom is -0.316 e. The molecule has 0 aromatic carbocycles. The van der Waals surface area contributed by atoms with E-state index in [1.165, 1.54) is 11.3 Å². The van der Waals surface area contributed by atoms with Gasteiger partial charge in [-0.3, -0.25) is 0 Å². The van der Waals surface area contributed by atoms with Crippen LogP contribution in [-0.4, -0.2) is 21.5 Å². The second-order valence-corrected chi connectivity index (χ2v) is 6.01. The van der Waals surface area contributed by atoms with Crippen molar-refractivity contribution >= 4 is 22.3 Å². The number of nitrogens with zero attached hydrogens (tertiary/aromatic N) is 3. The molecule has 3 heterocycles. The minimum absolute atomic E-state index is 0.361. The van der Waals surface area contributed by atoms with Gasteiger partial charge in [-0.15, -0.1) is 11.3 Å². The van der Waals surface area contributed by atoms with Gasteiger partial charge in [0.05, 0.1) is 5.69 Å². The van der Waals surface area contributed by atoms with E-state index in [9.17, 15) is 0 Å². The largest absolute Gasteiger partial charge is 0.316 e. The van der Waals surface area contributed by atoms with Crippen molar-refractivity contribution in [2.24, 2.45) is 0 Å².